The number of fused-ring (bicyclic) bond motifs is 4. The molecule has 0 saturated carbocycles. The van der Waals surface area contributed by atoms with Crippen LogP contribution in [0.15, 0.2) is 48.5 Å². The first-order valence-electron chi connectivity index (χ1n) is 7.79. The Hall–Kier alpha value is -2.00. The van der Waals surface area contributed by atoms with E-state index in [-0.39, 0.29) is 11.5 Å². The molecule has 0 saturated heterocycles. The molecule has 0 N–H and O–H groups in total. The molecule has 3 nitrogen and oxygen atoms in total. The first kappa shape index (κ1) is 13.6. The van der Waals surface area contributed by atoms with Crippen LogP contribution in [0, 0.1) is 5.92 Å². The van der Waals surface area contributed by atoms with Gasteiger partial charge in [0.15, 0.2) is 0 Å². The van der Waals surface area contributed by atoms with Crippen LogP contribution in [0.3, 0.4) is 0 Å². The molecule has 4 rings (SSSR count). The third-order valence-corrected chi connectivity index (χ3v) is 5.25. The minimum absolute atomic E-state index is 0.0316. The molecule has 0 radical (unpaired) electrons. The Morgan fingerprint density at radius 1 is 1.09 bits per heavy atom. The van der Waals surface area contributed by atoms with Crippen LogP contribution in [-0.2, 0) is 10.3 Å². The summed E-state index contributed by atoms with van der Waals surface area (Å²) in [5, 5.41) is 2.06. The van der Waals surface area contributed by atoms with Crippen molar-refractivity contribution in [3.8, 4) is 5.75 Å². The van der Waals surface area contributed by atoms with Gasteiger partial charge >= 0.3 is 0 Å². The highest BCUT2D eigenvalue weighted by Gasteiger charge is 2.50. The third kappa shape index (κ3) is 1.72. The van der Waals surface area contributed by atoms with E-state index in [9.17, 15) is 0 Å². The van der Waals surface area contributed by atoms with Crippen molar-refractivity contribution in [2.75, 3.05) is 18.8 Å². The molecule has 2 atom stereocenters. The molecule has 2 aromatic rings. The fourth-order valence-corrected chi connectivity index (χ4v) is 4.01. The Morgan fingerprint density at radius 3 is 2.64 bits per heavy atom. The summed E-state index contributed by atoms with van der Waals surface area (Å²) in [5.41, 5.74) is 3.72. The average Bonchev–Trinajstić information content (AvgIpc) is 2.55. The lowest BCUT2D eigenvalue weighted by atomic mass is 9.65. The summed E-state index contributed by atoms with van der Waals surface area (Å²) in [6, 6.07) is 17.0. The van der Waals surface area contributed by atoms with Gasteiger partial charge in [0.05, 0.1) is 25.4 Å². The molecule has 0 fully saturated rings. The van der Waals surface area contributed by atoms with Crippen LogP contribution >= 0.6 is 0 Å². The molecule has 22 heavy (non-hydrogen) atoms. The number of hydrogen-bond donors (Lipinski definition) is 0. The quantitative estimate of drug-likeness (QED) is 0.790. The van der Waals surface area contributed by atoms with E-state index in [2.05, 4.69) is 55.3 Å². The van der Waals surface area contributed by atoms with Crippen LogP contribution < -0.4 is 9.80 Å². The molecule has 0 spiro atoms. The molecule has 3 heteroatoms. The van der Waals surface area contributed by atoms with E-state index in [1.165, 1.54) is 11.1 Å². The molecule has 114 valence electrons. The number of para-hydroxylation sites is 2. The summed E-state index contributed by atoms with van der Waals surface area (Å²) in [4.78, 5) is 5.82. The largest absolute Gasteiger partial charge is 0.493 e. The minimum Gasteiger partial charge on any atom is -0.493 e. The number of hydroxylamine groups is 1. The van der Waals surface area contributed by atoms with Gasteiger partial charge in [-0.3, -0.25) is 4.84 Å². The molecule has 0 aliphatic carbocycles. The van der Waals surface area contributed by atoms with E-state index in [4.69, 9.17) is 9.57 Å². The molecule has 2 heterocycles. The highest BCUT2D eigenvalue weighted by Crippen LogP contribution is 2.54. The minimum atomic E-state index is 0.0316. The predicted octanol–water partition coefficient (Wildman–Crippen LogP) is 4.10. The van der Waals surface area contributed by atoms with Crippen LogP contribution in [0.1, 0.15) is 31.0 Å². The van der Waals surface area contributed by atoms with Gasteiger partial charge in [-0.1, -0.05) is 50.2 Å². The van der Waals surface area contributed by atoms with E-state index in [0.29, 0.717) is 12.5 Å². The maximum Gasteiger partial charge on any atom is 0.124 e. The Morgan fingerprint density at radius 2 is 1.82 bits per heavy atom. The zero-order valence-corrected chi connectivity index (χ0v) is 13.2. The maximum atomic E-state index is 6.05. The first-order valence-corrected chi connectivity index (χ1v) is 7.79. The fourth-order valence-electron chi connectivity index (χ4n) is 4.01. The Bertz CT molecular complexity index is 710. The van der Waals surface area contributed by atoms with Gasteiger partial charge in [0.25, 0.3) is 0 Å². The second-order valence-corrected chi connectivity index (χ2v) is 6.65. The second kappa shape index (κ2) is 4.75. The van der Waals surface area contributed by atoms with Crippen LogP contribution in [0.4, 0.5) is 5.69 Å². The Kier molecular flexibility index (Phi) is 2.95. The van der Waals surface area contributed by atoms with Crippen LogP contribution in [0.5, 0.6) is 5.75 Å². The van der Waals surface area contributed by atoms with Gasteiger partial charge in [-0.2, -0.15) is 0 Å². The molecule has 0 bridgehead atoms. The summed E-state index contributed by atoms with van der Waals surface area (Å²) in [6.45, 7) is 5.34. The number of anilines is 1. The zero-order valence-electron chi connectivity index (χ0n) is 13.2. The van der Waals surface area contributed by atoms with E-state index >= 15 is 0 Å². The SMILES string of the molecule is CON1c2ccccc2C(C)(C)[C@H]2COc3ccccc3[C@H]21. The van der Waals surface area contributed by atoms with Crippen molar-refractivity contribution in [1.82, 2.24) is 0 Å². The molecule has 2 aromatic carbocycles. The van der Waals surface area contributed by atoms with Gasteiger partial charge in [-0.05, 0) is 17.7 Å². The average molecular weight is 295 g/mol. The monoisotopic (exact) mass is 295 g/mol. The predicted molar refractivity (Wildman–Crippen MR) is 87.1 cm³/mol. The summed E-state index contributed by atoms with van der Waals surface area (Å²) < 4.78 is 6.05. The normalized spacial score (nSPS) is 24.8. The van der Waals surface area contributed by atoms with Crippen molar-refractivity contribution < 1.29 is 9.57 Å². The van der Waals surface area contributed by atoms with Crippen molar-refractivity contribution in [2.24, 2.45) is 5.92 Å². The summed E-state index contributed by atoms with van der Waals surface area (Å²) in [5.74, 6) is 1.32. The first-order chi connectivity index (χ1) is 10.6. The van der Waals surface area contributed by atoms with E-state index in [1.807, 2.05) is 12.1 Å². The van der Waals surface area contributed by atoms with Crippen LogP contribution in [-0.4, -0.2) is 13.7 Å². The van der Waals surface area contributed by atoms with Crippen LogP contribution in [0.25, 0.3) is 0 Å². The van der Waals surface area contributed by atoms with Gasteiger partial charge in [0.2, 0.25) is 0 Å². The number of hydrogen-bond acceptors (Lipinski definition) is 3. The van der Waals surface area contributed by atoms with Crippen molar-refractivity contribution in [1.29, 1.82) is 0 Å². The summed E-state index contributed by atoms with van der Waals surface area (Å²) in [7, 11) is 1.75. The number of benzene rings is 2. The zero-order chi connectivity index (χ0) is 15.3. The van der Waals surface area contributed by atoms with E-state index in [1.54, 1.807) is 7.11 Å². The van der Waals surface area contributed by atoms with Crippen molar-refractivity contribution in [3.63, 3.8) is 0 Å². The van der Waals surface area contributed by atoms with Gasteiger partial charge in [-0.25, -0.2) is 5.06 Å². The lowest BCUT2D eigenvalue weighted by Crippen LogP contribution is -2.51. The van der Waals surface area contributed by atoms with Gasteiger partial charge < -0.3 is 4.74 Å². The molecule has 2 aliphatic heterocycles. The summed E-state index contributed by atoms with van der Waals surface area (Å²) >= 11 is 0. The van der Waals surface area contributed by atoms with E-state index < -0.39 is 0 Å². The van der Waals surface area contributed by atoms with Crippen molar-refractivity contribution >= 4 is 5.69 Å². The summed E-state index contributed by atoms with van der Waals surface area (Å²) in [6.07, 6.45) is 0. The van der Waals surface area contributed by atoms with Gasteiger partial charge in [-0.15, -0.1) is 0 Å². The molecular weight excluding hydrogens is 274 g/mol. The molecule has 0 amide bonds. The van der Waals surface area contributed by atoms with Crippen molar-refractivity contribution in [3.05, 3.63) is 59.7 Å². The lowest BCUT2D eigenvalue weighted by molar-refractivity contribution is 0.0442. The fraction of sp³-hybridized carbons (Fsp3) is 0.368. The molecule has 0 unspecified atom stereocenters. The topological polar surface area (TPSA) is 21.7 Å². The van der Waals surface area contributed by atoms with E-state index in [0.717, 1.165) is 11.4 Å². The molecule has 0 aromatic heterocycles. The number of nitrogens with zero attached hydrogens (tertiary/aromatic N) is 1. The number of rotatable bonds is 1. The third-order valence-electron chi connectivity index (χ3n) is 5.25. The van der Waals surface area contributed by atoms with Crippen molar-refractivity contribution in [2.45, 2.75) is 25.3 Å². The van der Waals surface area contributed by atoms with Crippen LogP contribution in [0.2, 0.25) is 0 Å². The molecule has 2 aliphatic rings. The number of ether oxygens (including phenoxy) is 1. The lowest BCUT2D eigenvalue weighted by Gasteiger charge is -2.52. The highest BCUT2D eigenvalue weighted by molar-refractivity contribution is 5.61. The standard InChI is InChI=1S/C19H21NO2/c1-19(2)14-9-5-6-10-16(14)20(21-3)18-13-8-4-7-11-17(13)22-12-15(18)19/h4-11,15,18H,12H2,1-3H3/t15-,18+/m0/s1. The smallest absolute Gasteiger partial charge is 0.124 e. The van der Waals surface area contributed by atoms with Gasteiger partial charge in [0.1, 0.15) is 5.75 Å². The highest BCUT2D eigenvalue weighted by atomic mass is 16.7. The Balaban J connectivity index is 1.95. The molecular formula is C19H21NO2. The van der Waals surface area contributed by atoms with Gasteiger partial charge in [0, 0.05) is 16.9 Å². The maximum absolute atomic E-state index is 6.05. The Labute approximate surface area is 131 Å². The second-order valence-electron chi connectivity index (χ2n) is 6.65.